The number of para-hydroxylation sites is 1. The number of ether oxygens (including phenoxy) is 1. The molecule has 2 aromatic carbocycles. The molecule has 2 amide bonds. The third kappa shape index (κ3) is 3.36. The van der Waals surface area contributed by atoms with Crippen molar-refractivity contribution in [2.24, 2.45) is 0 Å². The SMILES string of the molecule is COc1ccc(-c2ccccc2NC(=O)N2CCC[C@H]2CO)cc1. The molecule has 3 rings (SSSR count). The average molecular weight is 326 g/mol. The Morgan fingerprint density at radius 3 is 2.71 bits per heavy atom. The summed E-state index contributed by atoms with van der Waals surface area (Å²) in [6.45, 7) is 0.690. The monoisotopic (exact) mass is 326 g/mol. The number of anilines is 1. The van der Waals surface area contributed by atoms with Crippen molar-refractivity contribution in [1.82, 2.24) is 4.90 Å². The molecular formula is C19H22N2O3. The number of urea groups is 1. The highest BCUT2D eigenvalue weighted by Crippen LogP contribution is 2.30. The number of hydrogen-bond acceptors (Lipinski definition) is 3. The van der Waals surface area contributed by atoms with Crippen LogP contribution in [-0.4, -0.2) is 42.3 Å². The van der Waals surface area contributed by atoms with E-state index in [1.165, 1.54) is 0 Å². The number of carbonyl (C=O) groups excluding carboxylic acids is 1. The summed E-state index contributed by atoms with van der Waals surface area (Å²) in [5, 5.41) is 12.4. The van der Waals surface area contributed by atoms with Crippen LogP contribution in [0.1, 0.15) is 12.8 Å². The first kappa shape index (κ1) is 16.3. The van der Waals surface area contributed by atoms with E-state index >= 15 is 0 Å². The summed E-state index contributed by atoms with van der Waals surface area (Å²) in [7, 11) is 1.64. The summed E-state index contributed by atoms with van der Waals surface area (Å²) in [4.78, 5) is 14.3. The highest BCUT2D eigenvalue weighted by Gasteiger charge is 2.28. The van der Waals surface area contributed by atoms with Gasteiger partial charge >= 0.3 is 6.03 Å². The lowest BCUT2D eigenvalue weighted by Crippen LogP contribution is -2.40. The average Bonchev–Trinajstić information content (AvgIpc) is 3.11. The molecule has 5 nitrogen and oxygen atoms in total. The summed E-state index contributed by atoms with van der Waals surface area (Å²) >= 11 is 0. The van der Waals surface area contributed by atoms with Crippen LogP contribution in [0.3, 0.4) is 0 Å². The Morgan fingerprint density at radius 1 is 1.25 bits per heavy atom. The lowest BCUT2D eigenvalue weighted by Gasteiger charge is -2.24. The first-order valence-electron chi connectivity index (χ1n) is 8.15. The van der Waals surface area contributed by atoms with Crippen molar-refractivity contribution >= 4 is 11.7 Å². The molecule has 2 aromatic rings. The van der Waals surface area contributed by atoms with Crippen LogP contribution in [0.4, 0.5) is 10.5 Å². The van der Waals surface area contributed by atoms with Crippen molar-refractivity contribution in [3.63, 3.8) is 0 Å². The van der Waals surface area contributed by atoms with Gasteiger partial charge in [0.25, 0.3) is 0 Å². The van der Waals surface area contributed by atoms with E-state index in [0.29, 0.717) is 6.54 Å². The van der Waals surface area contributed by atoms with E-state index < -0.39 is 0 Å². The summed E-state index contributed by atoms with van der Waals surface area (Å²) < 4.78 is 5.19. The Balaban J connectivity index is 1.82. The molecule has 0 spiro atoms. The number of carbonyl (C=O) groups is 1. The van der Waals surface area contributed by atoms with Gasteiger partial charge in [-0.05, 0) is 36.6 Å². The van der Waals surface area contributed by atoms with Gasteiger partial charge in [0.15, 0.2) is 0 Å². The van der Waals surface area contributed by atoms with E-state index in [9.17, 15) is 9.90 Å². The van der Waals surface area contributed by atoms with E-state index in [2.05, 4.69) is 5.32 Å². The zero-order chi connectivity index (χ0) is 16.9. The lowest BCUT2D eigenvalue weighted by molar-refractivity contribution is 0.166. The second-order valence-electron chi connectivity index (χ2n) is 5.88. The van der Waals surface area contributed by atoms with Crippen LogP contribution in [0.15, 0.2) is 48.5 Å². The van der Waals surface area contributed by atoms with Gasteiger partial charge in [0, 0.05) is 12.1 Å². The topological polar surface area (TPSA) is 61.8 Å². The Hall–Kier alpha value is -2.53. The van der Waals surface area contributed by atoms with Gasteiger partial charge in [-0.2, -0.15) is 0 Å². The third-order valence-corrected chi connectivity index (χ3v) is 4.42. The minimum Gasteiger partial charge on any atom is -0.497 e. The van der Waals surface area contributed by atoms with Crippen molar-refractivity contribution in [3.8, 4) is 16.9 Å². The van der Waals surface area contributed by atoms with Crippen LogP contribution >= 0.6 is 0 Å². The molecule has 1 heterocycles. The molecule has 24 heavy (non-hydrogen) atoms. The molecule has 0 radical (unpaired) electrons. The number of rotatable bonds is 4. The third-order valence-electron chi connectivity index (χ3n) is 4.42. The van der Waals surface area contributed by atoms with Gasteiger partial charge in [0.2, 0.25) is 0 Å². The highest BCUT2D eigenvalue weighted by molar-refractivity contribution is 5.94. The van der Waals surface area contributed by atoms with Gasteiger partial charge in [-0.1, -0.05) is 30.3 Å². The second-order valence-corrected chi connectivity index (χ2v) is 5.88. The van der Waals surface area contributed by atoms with Crippen molar-refractivity contribution < 1.29 is 14.6 Å². The van der Waals surface area contributed by atoms with Crippen molar-refractivity contribution in [2.45, 2.75) is 18.9 Å². The van der Waals surface area contributed by atoms with Crippen LogP contribution < -0.4 is 10.1 Å². The number of nitrogens with one attached hydrogen (secondary N) is 1. The Labute approximate surface area is 141 Å². The maximum absolute atomic E-state index is 12.6. The predicted molar refractivity (Wildman–Crippen MR) is 94.3 cm³/mol. The van der Waals surface area contributed by atoms with Gasteiger partial charge in [0.05, 0.1) is 25.4 Å². The molecule has 1 fully saturated rings. The highest BCUT2D eigenvalue weighted by atomic mass is 16.5. The zero-order valence-electron chi connectivity index (χ0n) is 13.7. The summed E-state index contributed by atoms with van der Waals surface area (Å²) in [5.41, 5.74) is 2.72. The Bertz CT molecular complexity index is 700. The first-order chi connectivity index (χ1) is 11.7. The molecule has 1 saturated heterocycles. The summed E-state index contributed by atoms with van der Waals surface area (Å²) in [5.74, 6) is 0.795. The van der Waals surface area contributed by atoms with Crippen LogP contribution in [0.25, 0.3) is 11.1 Å². The van der Waals surface area contributed by atoms with Crippen LogP contribution in [-0.2, 0) is 0 Å². The van der Waals surface area contributed by atoms with Crippen LogP contribution in [0, 0.1) is 0 Å². The fourth-order valence-electron chi connectivity index (χ4n) is 3.09. The minimum atomic E-state index is -0.160. The Morgan fingerprint density at radius 2 is 2.00 bits per heavy atom. The quantitative estimate of drug-likeness (QED) is 0.906. The molecule has 0 bridgehead atoms. The van der Waals surface area contributed by atoms with Gasteiger partial charge in [-0.15, -0.1) is 0 Å². The molecule has 2 N–H and O–H groups in total. The van der Waals surface area contributed by atoms with E-state index in [4.69, 9.17) is 4.74 Å². The number of likely N-dealkylation sites (tertiary alicyclic amines) is 1. The normalized spacial score (nSPS) is 16.9. The second kappa shape index (κ2) is 7.36. The smallest absolute Gasteiger partial charge is 0.322 e. The number of aliphatic hydroxyl groups is 1. The molecule has 1 atom stereocenters. The molecule has 0 saturated carbocycles. The largest absolute Gasteiger partial charge is 0.497 e. The molecule has 0 aromatic heterocycles. The molecule has 0 aliphatic carbocycles. The van der Waals surface area contributed by atoms with Gasteiger partial charge in [0.1, 0.15) is 5.75 Å². The lowest BCUT2D eigenvalue weighted by atomic mass is 10.0. The van der Waals surface area contributed by atoms with Crippen LogP contribution in [0.2, 0.25) is 0 Å². The maximum atomic E-state index is 12.6. The van der Waals surface area contributed by atoms with Gasteiger partial charge < -0.3 is 20.1 Å². The first-order valence-corrected chi connectivity index (χ1v) is 8.15. The zero-order valence-corrected chi connectivity index (χ0v) is 13.7. The number of amides is 2. The number of hydrogen-bond donors (Lipinski definition) is 2. The van der Waals surface area contributed by atoms with E-state index in [1.807, 2.05) is 48.5 Å². The number of benzene rings is 2. The van der Waals surface area contributed by atoms with E-state index in [1.54, 1.807) is 12.0 Å². The van der Waals surface area contributed by atoms with E-state index in [0.717, 1.165) is 35.4 Å². The van der Waals surface area contributed by atoms with Crippen LogP contribution in [0.5, 0.6) is 5.75 Å². The minimum absolute atomic E-state index is 0.00749. The van der Waals surface area contributed by atoms with E-state index in [-0.39, 0.29) is 18.7 Å². The van der Waals surface area contributed by atoms with Crippen molar-refractivity contribution in [1.29, 1.82) is 0 Å². The fraction of sp³-hybridized carbons (Fsp3) is 0.316. The fourth-order valence-corrected chi connectivity index (χ4v) is 3.09. The molecule has 5 heteroatoms. The molecular weight excluding hydrogens is 304 g/mol. The summed E-state index contributed by atoms with van der Waals surface area (Å²) in [6.07, 6.45) is 1.78. The van der Waals surface area contributed by atoms with Gasteiger partial charge in [-0.3, -0.25) is 0 Å². The maximum Gasteiger partial charge on any atom is 0.322 e. The van der Waals surface area contributed by atoms with Gasteiger partial charge in [-0.25, -0.2) is 4.79 Å². The van der Waals surface area contributed by atoms with Crippen molar-refractivity contribution in [2.75, 3.05) is 25.6 Å². The number of methoxy groups -OCH3 is 1. The molecule has 1 aliphatic heterocycles. The number of aliphatic hydroxyl groups excluding tert-OH is 1. The summed E-state index contributed by atoms with van der Waals surface area (Å²) in [6, 6.07) is 15.2. The molecule has 0 unspecified atom stereocenters. The standard InChI is InChI=1S/C19H22N2O3/c1-24-16-10-8-14(9-11-16)17-6-2-3-7-18(17)20-19(23)21-12-4-5-15(21)13-22/h2-3,6-11,15,22H,4-5,12-13H2,1H3,(H,20,23)/t15-/m0/s1. The Kier molecular flexibility index (Phi) is 5.01. The predicted octanol–water partition coefficient (Wildman–Crippen LogP) is 3.35. The molecule has 126 valence electrons. The number of nitrogens with zero attached hydrogens (tertiary/aromatic N) is 1. The van der Waals surface area contributed by atoms with Crippen molar-refractivity contribution in [3.05, 3.63) is 48.5 Å². The molecule has 1 aliphatic rings.